The van der Waals surface area contributed by atoms with E-state index in [4.69, 9.17) is 4.98 Å². The van der Waals surface area contributed by atoms with Gasteiger partial charge < -0.3 is 5.32 Å². The summed E-state index contributed by atoms with van der Waals surface area (Å²) >= 11 is 1.93. The van der Waals surface area contributed by atoms with E-state index in [2.05, 4.69) is 12.2 Å². The summed E-state index contributed by atoms with van der Waals surface area (Å²) in [6.07, 6.45) is 6.69. The second-order valence-electron chi connectivity index (χ2n) is 4.77. The number of piperidine rings is 1. The van der Waals surface area contributed by atoms with Crippen molar-refractivity contribution < 1.29 is 0 Å². The zero-order valence-corrected chi connectivity index (χ0v) is 10.1. The summed E-state index contributed by atoms with van der Waals surface area (Å²) in [5.41, 5.74) is 1.35. The first kappa shape index (κ1) is 9.79. The molecule has 82 valence electrons. The molecule has 1 saturated heterocycles. The van der Waals surface area contributed by atoms with Crippen molar-refractivity contribution in [3.05, 3.63) is 15.6 Å². The van der Waals surface area contributed by atoms with Crippen LogP contribution in [0.2, 0.25) is 0 Å². The van der Waals surface area contributed by atoms with Gasteiger partial charge in [-0.2, -0.15) is 0 Å². The Morgan fingerprint density at radius 3 is 2.80 bits per heavy atom. The first-order chi connectivity index (χ1) is 7.34. The molecule has 2 nitrogen and oxygen atoms in total. The summed E-state index contributed by atoms with van der Waals surface area (Å²) in [6.45, 7) is 3.40. The molecule has 1 saturated carbocycles. The van der Waals surface area contributed by atoms with Crippen molar-refractivity contribution in [2.24, 2.45) is 0 Å². The molecule has 0 bridgehead atoms. The van der Waals surface area contributed by atoms with Crippen molar-refractivity contribution in [2.75, 3.05) is 6.54 Å². The average Bonchev–Trinajstić information content (AvgIpc) is 3.04. The Kier molecular flexibility index (Phi) is 2.53. The van der Waals surface area contributed by atoms with Crippen molar-refractivity contribution in [3.63, 3.8) is 0 Å². The third-order valence-electron chi connectivity index (χ3n) is 3.42. The van der Waals surface area contributed by atoms with Crippen molar-refractivity contribution in [3.8, 4) is 0 Å². The third kappa shape index (κ3) is 1.95. The molecule has 1 aromatic heterocycles. The van der Waals surface area contributed by atoms with Gasteiger partial charge in [0, 0.05) is 10.8 Å². The summed E-state index contributed by atoms with van der Waals surface area (Å²) in [6, 6.07) is 0.544. The van der Waals surface area contributed by atoms with Crippen LogP contribution < -0.4 is 5.32 Å². The van der Waals surface area contributed by atoms with Gasteiger partial charge in [0.05, 0.1) is 16.7 Å². The smallest absolute Gasteiger partial charge is 0.0962 e. The summed E-state index contributed by atoms with van der Waals surface area (Å²) < 4.78 is 0. The second-order valence-corrected chi connectivity index (χ2v) is 6.01. The van der Waals surface area contributed by atoms with Crippen LogP contribution in [0.3, 0.4) is 0 Å². The van der Waals surface area contributed by atoms with Crippen LogP contribution in [0.25, 0.3) is 0 Å². The number of aryl methyl sites for hydroxylation is 1. The Morgan fingerprint density at radius 2 is 2.13 bits per heavy atom. The number of nitrogens with one attached hydrogen (secondary N) is 1. The molecule has 1 aliphatic carbocycles. The maximum Gasteiger partial charge on any atom is 0.0962 e. The van der Waals surface area contributed by atoms with E-state index >= 15 is 0 Å². The maximum atomic E-state index is 4.85. The molecule has 3 rings (SSSR count). The van der Waals surface area contributed by atoms with E-state index in [1.807, 2.05) is 11.3 Å². The quantitative estimate of drug-likeness (QED) is 0.831. The van der Waals surface area contributed by atoms with E-state index < -0.39 is 0 Å². The highest BCUT2D eigenvalue weighted by Crippen LogP contribution is 2.43. The molecular weight excluding hydrogens is 204 g/mol. The molecule has 0 amide bonds. The van der Waals surface area contributed by atoms with E-state index in [9.17, 15) is 0 Å². The van der Waals surface area contributed by atoms with E-state index in [1.54, 1.807) is 0 Å². The normalized spacial score (nSPS) is 26.9. The summed E-state index contributed by atoms with van der Waals surface area (Å²) in [5, 5.41) is 4.99. The minimum absolute atomic E-state index is 0.544. The zero-order valence-electron chi connectivity index (χ0n) is 9.25. The minimum Gasteiger partial charge on any atom is -0.309 e. The zero-order chi connectivity index (χ0) is 10.3. The van der Waals surface area contributed by atoms with Crippen LogP contribution >= 0.6 is 11.3 Å². The fraction of sp³-hybridized carbons (Fsp3) is 0.750. The highest BCUT2D eigenvalue weighted by Gasteiger charge is 2.29. The first-order valence-corrected chi connectivity index (χ1v) is 6.87. The average molecular weight is 222 g/mol. The fourth-order valence-corrected chi connectivity index (χ4v) is 3.50. The van der Waals surface area contributed by atoms with Gasteiger partial charge in [-0.3, -0.25) is 0 Å². The highest BCUT2D eigenvalue weighted by molar-refractivity contribution is 7.11. The van der Waals surface area contributed by atoms with Gasteiger partial charge in [-0.05, 0) is 39.2 Å². The molecule has 2 fully saturated rings. The Hall–Kier alpha value is -0.410. The fourth-order valence-electron chi connectivity index (χ4n) is 2.34. The number of hydrogen-bond acceptors (Lipinski definition) is 3. The van der Waals surface area contributed by atoms with Gasteiger partial charge in [0.15, 0.2) is 0 Å². The lowest BCUT2D eigenvalue weighted by Gasteiger charge is -2.22. The molecule has 0 radical (unpaired) electrons. The number of rotatable bonds is 2. The topological polar surface area (TPSA) is 24.9 Å². The van der Waals surface area contributed by atoms with Gasteiger partial charge in [-0.25, -0.2) is 4.98 Å². The Morgan fingerprint density at radius 1 is 1.27 bits per heavy atom. The van der Waals surface area contributed by atoms with Crippen molar-refractivity contribution >= 4 is 11.3 Å². The lowest BCUT2D eigenvalue weighted by Crippen LogP contribution is -2.27. The van der Waals surface area contributed by atoms with Gasteiger partial charge in [0.25, 0.3) is 0 Å². The van der Waals surface area contributed by atoms with E-state index in [0.717, 1.165) is 5.92 Å². The predicted molar refractivity (Wildman–Crippen MR) is 63.4 cm³/mol. The van der Waals surface area contributed by atoms with Crippen molar-refractivity contribution in [2.45, 2.75) is 51.0 Å². The minimum atomic E-state index is 0.544. The molecule has 3 heteroatoms. The standard InChI is InChI=1S/C12H18N2S/c1-8-11(10-4-2-3-7-13-10)14-12(15-8)9-5-6-9/h9-10,13H,2-7H2,1H3. The van der Waals surface area contributed by atoms with E-state index in [0.29, 0.717) is 6.04 Å². The third-order valence-corrected chi connectivity index (χ3v) is 4.57. The molecule has 0 aromatic carbocycles. The lowest BCUT2D eigenvalue weighted by atomic mass is 10.0. The SMILES string of the molecule is Cc1sc(C2CC2)nc1C1CCCCN1. The number of aromatic nitrogens is 1. The summed E-state index contributed by atoms with van der Waals surface area (Å²) in [5.74, 6) is 0.811. The second kappa shape index (κ2) is 3.87. The Balaban J connectivity index is 1.82. The number of hydrogen-bond donors (Lipinski definition) is 1. The maximum absolute atomic E-state index is 4.85. The van der Waals surface area contributed by atoms with Gasteiger partial charge in [-0.1, -0.05) is 6.42 Å². The van der Waals surface area contributed by atoms with Gasteiger partial charge in [0.2, 0.25) is 0 Å². The van der Waals surface area contributed by atoms with Crippen LogP contribution in [0.4, 0.5) is 0 Å². The number of nitrogens with zero attached hydrogens (tertiary/aromatic N) is 1. The van der Waals surface area contributed by atoms with Gasteiger partial charge in [0.1, 0.15) is 0 Å². The molecule has 1 unspecified atom stereocenters. The van der Waals surface area contributed by atoms with Crippen molar-refractivity contribution in [1.82, 2.24) is 10.3 Å². The number of thiazole rings is 1. The Labute approximate surface area is 95.1 Å². The molecule has 0 spiro atoms. The highest BCUT2D eigenvalue weighted by atomic mass is 32.1. The molecule has 15 heavy (non-hydrogen) atoms. The summed E-state index contributed by atoms with van der Waals surface area (Å²) in [7, 11) is 0. The predicted octanol–water partition coefficient (Wildman–Crippen LogP) is 3.14. The van der Waals surface area contributed by atoms with Gasteiger partial charge >= 0.3 is 0 Å². The molecular formula is C12H18N2S. The van der Waals surface area contributed by atoms with Crippen LogP contribution in [0, 0.1) is 6.92 Å². The van der Waals surface area contributed by atoms with Crippen LogP contribution in [0.1, 0.15) is 59.6 Å². The monoisotopic (exact) mass is 222 g/mol. The lowest BCUT2D eigenvalue weighted by molar-refractivity contribution is 0.405. The van der Waals surface area contributed by atoms with E-state index in [-0.39, 0.29) is 0 Å². The molecule has 1 N–H and O–H groups in total. The molecule has 2 heterocycles. The van der Waals surface area contributed by atoms with Crippen LogP contribution in [-0.2, 0) is 0 Å². The molecule has 1 aliphatic heterocycles. The van der Waals surface area contributed by atoms with E-state index in [1.165, 1.54) is 54.2 Å². The van der Waals surface area contributed by atoms with Crippen LogP contribution in [-0.4, -0.2) is 11.5 Å². The Bertz CT molecular complexity index is 349. The first-order valence-electron chi connectivity index (χ1n) is 6.05. The van der Waals surface area contributed by atoms with Crippen molar-refractivity contribution in [1.29, 1.82) is 0 Å². The summed E-state index contributed by atoms with van der Waals surface area (Å²) in [4.78, 5) is 6.29. The van der Waals surface area contributed by atoms with Crippen LogP contribution in [0.15, 0.2) is 0 Å². The van der Waals surface area contributed by atoms with Crippen LogP contribution in [0.5, 0.6) is 0 Å². The molecule has 2 aliphatic rings. The largest absolute Gasteiger partial charge is 0.309 e. The van der Waals surface area contributed by atoms with Gasteiger partial charge in [-0.15, -0.1) is 11.3 Å². The molecule has 1 aromatic rings. The molecule has 1 atom stereocenters.